The lowest BCUT2D eigenvalue weighted by Crippen LogP contribution is -2.99. The SMILES string of the molecule is CCC(C)C1NC2OC2C(CC(C)C)N(C)C(=O)CC(C)N(C)C(=O)C(CC(C)C)[NH2+]C(=O)C(C)(C)N(C)C(=O)C(CC(C)C)NC(=O)C(CCc2ccc(C(F)(F)F)c(Cl)c2)NC(=O)CN(C)C(=O)C(Cc2ccc(C)cc2)N(C)C(=O)CN(C)C(=O)CN(C)C1=O. The number of amides is 10. The molecule has 0 saturated carbocycles. The fraction of sp³-hybridized carbons (Fsp3) is 0.672. The van der Waals surface area contributed by atoms with Gasteiger partial charge in [-0.15, -0.1) is 0 Å². The lowest BCUT2D eigenvalue weighted by Gasteiger charge is -2.36. The van der Waals surface area contributed by atoms with Crippen molar-refractivity contribution in [1.29, 1.82) is 0 Å². The quantitative estimate of drug-likeness (QED) is 0.200. The van der Waals surface area contributed by atoms with Crippen molar-refractivity contribution in [2.45, 2.75) is 201 Å². The number of nitrogens with two attached hydrogens (primary N) is 1. The van der Waals surface area contributed by atoms with Crippen molar-refractivity contribution < 1.29 is 71.2 Å². The van der Waals surface area contributed by atoms with Crippen LogP contribution in [0.4, 0.5) is 13.2 Å². The zero-order chi connectivity index (χ0) is 70.5. The van der Waals surface area contributed by atoms with Crippen LogP contribution in [-0.4, -0.2) is 223 Å². The van der Waals surface area contributed by atoms with Crippen molar-refractivity contribution >= 4 is 70.7 Å². The van der Waals surface area contributed by atoms with Gasteiger partial charge in [0.15, 0.2) is 11.6 Å². The number of nitrogens with one attached hydrogen (secondary N) is 3. The Morgan fingerprint density at radius 2 is 1.24 bits per heavy atom. The predicted molar refractivity (Wildman–Crippen MR) is 347 cm³/mol. The molecule has 10 amide bonds. The maximum absolute atomic E-state index is 14.8. The molecule has 2 saturated heterocycles. The normalized spacial score (nSPS) is 25.6. The molecule has 0 aliphatic carbocycles. The van der Waals surface area contributed by atoms with Crippen LogP contribution in [0.15, 0.2) is 42.5 Å². The minimum atomic E-state index is -4.76. The first-order valence-electron chi connectivity index (χ1n) is 32.2. The van der Waals surface area contributed by atoms with E-state index in [1.54, 1.807) is 51.9 Å². The van der Waals surface area contributed by atoms with Crippen molar-refractivity contribution in [3.63, 3.8) is 0 Å². The number of rotatable bonds is 13. The molecule has 2 aromatic rings. The van der Waals surface area contributed by atoms with E-state index < -0.39 is 150 Å². The topological polar surface area (TPSA) is 259 Å². The van der Waals surface area contributed by atoms with Crippen molar-refractivity contribution in [2.75, 3.05) is 69.0 Å². The van der Waals surface area contributed by atoms with Gasteiger partial charge in [-0.25, -0.2) is 4.79 Å². The lowest BCUT2D eigenvalue weighted by molar-refractivity contribution is -0.599. The van der Waals surface area contributed by atoms with Gasteiger partial charge < -0.3 is 49.7 Å². The highest BCUT2D eigenvalue weighted by Crippen LogP contribution is 2.36. The summed E-state index contributed by atoms with van der Waals surface area (Å²) in [5, 5.41) is 9.52. The third kappa shape index (κ3) is 22.2. The van der Waals surface area contributed by atoms with Gasteiger partial charge in [0.25, 0.3) is 5.91 Å². The minimum absolute atomic E-state index is 0.0311. The van der Waals surface area contributed by atoms with Crippen LogP contribution >= 0.6 is 11.6 Å². The molecule has 93 heavy (non-hydrogen) atoms. The van der Waals surface area contributed by atoms with E-state index in [0.29, 0.717) is 18.4 Å². The fourth-order valence-corrected chi connectivity index (χ4v) is 11.6. The van der Waals surface area contributed by atoms with Crippen molar-refractivity contribution in [3.05, 3.63) is 69.7 Å². The number of hydrogen-bond acceptors (Lipinski definition) is 12. The summed E-state index contributed by atoms with van der Waals surface area (Å²) in [4.78, 5) is 154. The molecule has 2 aliphatic heterocycles. The van der Waals surface area contributed by atoms with E-state index in [1.165, 1.54) is 80.1 Å². The van der Waals surface area contributed by atoms with Gasteiger partial charge in [-0.3, -0.25) is 53.8 Å². The summed E-state index contributed by atoms with van der Waals surface area (Å²) in [5.74, 6) is -6.53. The summed E-state index contributed by atoms with van der Waals surface area (Å²) in [6.07, 6.45) is -5.00. The van der Waals surface area contributed by atoms with Crippen LogP contribution in [-0.2, 0) is 71.7 Å². The van der Waals surface area contributed by atoms with Crippen LogP contribution in [0.5, 0.6) is 0 Å². The van der Waals surface area contributed by atoms with E-state index >= 15 is 0 Å². The van der Waals surface area contributed by atoms with E-state index in [9.17, 15) is 61.1 Å². The van der Waals surface area contributed by atoms with Gasteiger partial charge in [-0.1, -0.05) is 109 Å². The Hall–Kier alpha value is -6.70. The second-order valence-electron chi connectivity index (χ2n) is 27.5. The summed E-state index contributed by atoms with van der Waals surface area (Å²) in [6.45, 7) is 20.3. The maximum Gasteiger partial charge on any atom is 0.417 e. The molecular formula is C67H104ClF3N11O11+. The number of carbonyl (C=O) groups excluding carboxylic acids is 10. The number of aryl methyl sites for hydroxylation is 2. The van der Waals surface area contributed by atoms with Gasteiger partial charge >= 0.3 is 12.1 Å². The number of fused-ring (bicyclic) bond motifs is 1. The van der Waals surface area contributed by atoms with Gasteiger partial charge in [0.2, 0.25) is 47.3 Å². The molecule has 2 aromatic carbocycles. The van der Waals surface area contributed by atoms with Crippen LogP contribution in [0.3, 0.4) is 0 Å². The molecule has 26 heteroatoms. The number of alkyl halides is 3. The molecule has 0 radical (unpaired) electrons. The largest absolute Gasteiger partial charge is 0.417 e. The van der Waals surface area contributed by atoms with Gasteiger partial charge in [0.05, 0.1) is 42.3 Å². The van der Waals surface area contributed by atoms with Crippen molar-refractivity contribution in [2.24, 2.45) is 23.7 Å². The Kier molecular flexibility index (Phi) is 28.9. The molecule has 2 fully saturated rings. The number of quaternary nitrogens is 1. The first-order chi connectivity index (χ1) is 43.1. The number of epoxide rings is 1. The standard InChI is InChI=1S/C67H103ClF3N11O11/c1-20-42(9)57-64(91)78(15)36-55(85)76(13)37-56(86)81(18)52(34-45-23-21-41(8)22-24-45)63(90)77(14)35-53(83)72-48(28-26-44-25-27-46(47(68)33-44)67(69,70)71)59(87)73-50(30-39(4)5)62(89)82(19)66(11,12)65(92)74-49(29-38(2)3)61(88)79(16)43(10)32-54(84)80(17)51(31-40(6)7)58-60(75-57)93-58/h21-25,27,33,38-40,42-43,48-52,57-58,60,75H,20,26,28-32,34-37H2,1-19H3,(H,72,83)(H,73,87)(H,74,92)/p+1. The van der Waals surface area contributed by atoms with E-state index in [2.05, 4.69) is 16.0 Å². The maximum atomic E-state index is 14.8. The molecule has 0 bridgehead atoms. The number of nitrogens with zero attached hydrogens (tertiary/aromatic N) is 7. The van der Waals surface area contributed by atoms with Crippen LogP contribution < -0.4 is 21.3 Å². The highest BCUT2D eigenvalue weighted by Gasteiger charge is 2.51. The van der Waals surface area contributed by atoms with Crippen LogP contribution in [0.2, 0.25) is 5.02 Å². The molecule has 2 aliphatic rings. The second-order valence-corrected chi connectivity index (χ2v) is 27.9. The average molecular weight is 1330 g/mol. The zero-order valence-electron chi connectivity index (χ0n) is 58.0. The summed E-state index contributed by atoms with van der Waals surface area (Å²) < 4.78 is 47.5. The summed E-state index contributed by atoms with van der Waals surface area (Å²) in [6, 6.07) is 3.35. The smallest absolute Gasteiger partial charge is 0.351 e. The number of hydrogen-bond donors (Lipinski definition) is 4. The number of carbonyl (C=O) groups is 10. The van der Waals surface area contributed by atoms with Gasteiger partial charge in [0.1, 0.15) is 30.5 Å². The first-order valence-corrected chi connectivity index (χ1v) is 32.6. The zero-order valence-corrected chi connectivity index (χ0v) is 58.8. The molecule has 520 valence electrons. The molecule has 2 heterocycles. The Morgan fingerprint density at radius 1 is 0.667 bits per heavy atom. The third-order valence-electron chi connectivity index (χ3n) is 18.0. The third-order valence-corrected chi connectivity index (χ3v) is 18.3. The molecule has 5 N–H and O–H groups in total. The molecule has 10 atom stereocenters. The lowest BCUT2D eigenvalue weighted by atomic mass is 9.95. The van der Waals surface area contributed by atoms with Crippen molar-refractivity contribution in [3.8, 4) is 0 Å². The number of likely N-dealkylation sites (N-methyl/N-ethyl adjacent to an activating group) is 7. The van der Waals surface area contributed by atoms with Crippen molar-refractivity contribution in [1.82, 2.24) is 50.2 Å². The first kappa shape index (κ1) is 78.7. The van der Waals surface area contributed by atoms with Gasteiger partial charge in [-0.05, 0) is 100 Å². The van der Waals surface area contributed by atoms with Crippen LogP contribution in [0.1, 0.15) is 137 Å². The Bertz CT molecular complexity index is 2970. The Morgan fingerprint density at radius 3 is 1.80 bits per heavy atom. The fourth-order valence-electron chi connectivity index (χ4n) is 11.3. The second kappa shape index (κ2) is 34.1. The Balaban J connectivity index is 1.82. The van der Waals surface area contributed by atoms with E-state index in [0.717, 1.165) is 27.5 Å². The highest BCUT2D eigenvalue weighted by atomic mass is 35.5. The van der Waals surface area contributed by atoms with E-state index in [4.69, 9.17) is 16.3 Å². The Labute approximate surface area is 553 Å². The highest BCUT2D eigenvalue weighted by molar-refractivity contribution is 6.31. The molecule has 0 aromatic heterocycles. The van der Waals surface area contributed by atoms with Gasteiger partial charge in [-0.2, -0.15) is 13.2 Å². The minimum Gasteiger partial charge on any atom is -0.351 e. The monoisotopic (exact) mass is 1330 g/mol. The molecular weight excluding hydrogens is 1230 g/mol. The number of benzene rings is 2. The van der Waals surface area contributed by atoms with E-state index in [-0.39, 0.29) is 73.7 Å². The molecule has 4 rings (SSSR count). The van der Waals surface area contributed by atoms with Crippen LogP contribution in [0, 0.1) is 30.6 Å². The van der Waals surface area contributed by atoms with Gasteiger partial charge in [0, 0.05) is 74.6 Å². The number of ether oxygens (including phenoxy) is 1. The summed E-state index contributed by atoms with van der Waals surface area (Å²) in [7, 11) is 10.2. The molecule has 10 unspecified atom stereocenters. The summed E-state index contributed by atoms with van der Waals surface area (Å²) in [5.41, 5.74) is -0.845. The number of halogens is 4. The average Bonchev–Trinajstić information content (AvgIpc) is 1.70. The van der Waals surface area contributed by atoms with Crippen LogP contribution in [0.25, 0.3) is 0 Å². The predicted octanol–water partition coefficient (Wildman–Crippen LogP) is 4.66. The van der Waals surface area contributed by atoms with E-state index in [1.807, 2.05) is 60.6 Å². The molecule has 22 nitrogen and oxygen atoms in total. The number of primary amides is 1. The summed E-state index contributed by atoms with van der Waals surface area (Å²) >= 11 is 6.10. The molecule has 0 spiro atoms.